The van der Waals surface area contributed by atoms with Crippen molar-refractivity contribution in [1.82, 2.24) is 0 Å². The van der Waals surface area contributed by atoms with Crippen LogP contribution in [0.3, 0.4) is 0 Å². The fraction of sp³-hybridized carbons (Fsp3) is 1.00. The average Bonchev–Trinajstić information content (AvgIpc) is 2.90. The van der Waals surface area contributed by atoms with Crippen LogP contribution in [0.4, 0.5) is 0 Å². The van der Waals surface area contributed by atoms with Crippen LogP contribution in [0.5, 0.6) is 0 Å². The summed E-state index contributed by atoms with van der Waals surface area (Å²) in [6, 6.07) is 0. The van der Waals surface area contributed by atoms with Crippen LogP contribution in [-0.2, 0) is 37.9 Å². The second-order valence-electron chi connectivity index (χ2n) is 6.05. The standard InChI is InChI=1S/4C6H13O3.2Ba/c4*1-2-8-5-6-9-4-3-7;;/h4*2-6H2,1H3;;/q4*-1;2*+2. The van der Waals surface area contributed by atoms with Gasteiger partial charge >= 0.3 is 97.8 Å². The Labute approximate surface area is 311 Å². The Morgan fingerprint density at radius 1 is 0.289 bits per heavy atom. The van der Waals surface area contributed by atoms with E-state index in [2.05, 4.69) is 0 Å². The molecular formula is C24H52Ba2O12. The molecule has 0 aromatic rings. The fourth-order valence-corrected chi connectivity index (χ4v) is 1.69. The summed E-state index contributed by atoms with van der Waals surface area (Å²) in [5.74, 6) is 0. The number of hydrogen-bond acceptors (Lipinski definition) is 12. The van der Waals surface area contributed by atoms with Gasteiger partial charge < -0.3 is 58.3 Å². The third-order valence-electron chi connectivity index (χ3n) is 3.22. The van der Waals surface area contributed by atoms with Gasteiger partial charge in [-0.3, -0.25) is 0 Å². The largest absolute Gasteiger partial charge is 2.00 e. The van der Waals surface area contributed by atoms with Crippen LogP contribution < -0.4 is 20.4 Å². The summed E-state index contributed by atoms with van der Waals surface area (Å²) in [5, 5.41) is 39.2. The van der Waals surface area contributed by atoms with Crippen molar-refractivity contribution in [2.45, 2.75) is 27.7 Å². The van der Waals surface area contributed by atoms with Gasteiger partial charge in [0, 0.05) is 52.9 Å². The number of rotatable bonds is 24. The van der Waals surface area contributed by atoms with Crippen molar-refractivity contribution in [2.24, 2.45) is 0 Å². The predicted octanol–water partition coefficient (Wildman–Crippen LogP) is -3.16. The van der Waals surface area contributed by atoms with E-state index >= 15 is 0 Å². The molecule has 38 heavy (non-hydrogen) atoms. The first-order valence-corrected chi connectivity index (χ1v) is 12.6. The van der Waals surface area contributed by atoms with E-state index in [0.717, 1.165) is 0 Å². The third kappa shape index (κ3) is 77.1. The quantitative estimate of drug-likeness (QED) is 0.0712. The minimum atomic E-state index is -0.161. The van der Waals surface area contributed by atoms with E-state index in [1.165, 1.54) is 0 Å². The van der Waals surface area contributed by atoms with Crippen molar-refractivity contribution in [1.29, 1.82) is 0 Å². The summed E-state index contributed by atoms with van der Waals surface area (Å²) in [6.07, 6.45) is 0. The molecule has 0 aliphatic heterocycles. The molecule has 0 saturated heterocycles. The third-order valence-corrected chi connectivity index (χ3v) is 3.22. The SMILES string of the molecule is CCOCCOCC[O-].CCOCCOCC[O-].CCOCCOCC[O-].CCOCCOCC[O-].[Ba+2].[Ba+2]. The van der Waals surface area contributed by atoms with Crippen LogP contribution in [0.15, 0.2) is 0 Å². The molecule has 0 amide bonds. The van der Waals surface area contributed by atoms with Crippen LogP contribution in [0.2, 0.25) is 0 Å². The van der Waals surface area contributed by atoms with Gasteiger partial charge in [0.25, 0.3) is 0 Å². The molecular weight excluding hydrogens is 755 g/mol. The van der Waals surface area contributed by atoms with Gasteiger partial charge in [-0.25, -0.2) is 0 Å². The molecule has 0 radical (unpaired) electrons. The zero-order chi connectivity index (χ0) is 27.8. The van der Waals surface area contributed by atoms with Gasteiger partial charge in [0.2, 0.25) is 0 Å². The molecule has 0 rings (SSSR count). The van der Waals surface area contributed by atoms with Gasteiger partial charge in [0.15, 0.2) is 0 Å². The Morgan fingerprint density at radius 2 is 0.447 bits per heavy atom. The molecule has 0 heterocycles. The van der Waals surface area contributed by atoms with Crippen molar-refractivity contribution in [3.05, 3.63) is 0 Å². The molecule has 0 N–H and O–H groups in total. The molecule has 0 aliphatic rings. The van der Waals surface area contributed by atoms with E-state index < -0.39 is 0 Å². The first-order chi connectivity index (χ1) is 17.7. The Morgan fingerprint density at radius 3 is 0.579 bits per heavy atom. The van der Waals surface area contributed by atoms with Crippen molar-refractivity contribution in [3.63, 3.8) is 0 Å². The number of hydrogen-bond donors (Lipinski definition) is 0. The van der Waals surface area contributed by atoms with Crippen molar-refractivity contribution in [2.75, 3.05) is 132 Å². The fourth-order valence-electron chi connectivity index (χ4n) is 1.69. The van der Waals surface area contributed by atoms with E-state index in [9.17, 15) is 20.4 Å². The van der Waals surface area contributed by atoms with E-state index in [1.54, 1.807) is 0 Å². The van der Waals surface area contributed by atoms with E-state index in [1.807, 2.05) is 27.7 Å². The molecule has 0 atom stereocenters. The molecule has 12 nitrogen and oxygen atoms in total. The predicted molar refractivity (Wildman–Crippen MR) is 140 cm³/mol. The van der Waals surface area contributed by atoms with Crippen molar-refractivity contribution < 1.29 is 58.3 Å². The van der Waals surface area contributed by atoms with Gasteiger partial charge in [-0.1, -0.05) is 0 Å². The zero-order valence-corrected chi connectivity index (χ0v) is 33.3. The van der Waals surface area contributed by atoms with Crippen LogP contribution in [0.1, 0.15) is 27.7 Å². The normalized spacial score (nSPS) is 9.47. The van der Waals surface area contributed by atoms with E-state index in [0.29, 0.717) is 106 Å². The summed E-state index contributed by atoms with van der Waals surface area (Å²) in [4.78, 5) is 0. The summed E-state index contributed by atoms with van der Waals surface area (Å²) in [7, 11) is 0. The molecule has 0 aliphatic carbocycles. The smallest absolute Gasteiger partial charge is 0.853 e. The van der Waals surface area contributed by atoms with Gasteiger partial charge in [-0.15, -0.1) is 26.4 Å². The molecule has 14 heteroatoms. The van der Waals surface area contributed by atoms with E-state index in [4.69, 9.17) is 37.9 Å². The Hall–Kier alpha value is 2.66. The molecule has 224 valence electrons. The molecule has 0 saturated carbocycles. The summed E-state index contributed by atoms with van der Waals surface area (Å²) in [5.41, 5.74) is 0. The second-order valence-corrected chi connectivity index (χ2v) is 6.05. The van der Waals surface area contributed by atoms with Crippen LogP contribution >= 0.6 is 0 Å². The summed E-state index contributed by atoms with van der Waals surface area (Å²) in [6.45, 7) is 15.6. The van der Waals surface area contributed by atoms with Crippen LogP contribution in [-0.4, -0.2) is 230 Å². The maximum atomic E-state index is 9.80. The Bertz CT molecular complexity index is 234. The van der Waals surface area contributed by atoms with Crippen LogP contribution in [0, 0.1) is 0 Å². The maximum Gasteiger partial charge on any atom is 2.00 e. The first kappa shape index (κ1) is 53.2. The molecule has 0 unspecified atom stereocenters. The zero-order valence-electron chi connectivity index (χ0n) is 24.5. The topological polar surface area (TPSA) is 166 Å². The summed E-state index contributed by atoms with van der Waals surface area (Å²) < 4.78 is 39.2. The van der Waals surface area contributed by atoms with Gasteiger partial charge in [0.1, 0.15) is 0 Å². The molecule has 0 aromatic heterocycles. The van der Waals surface area contributed by atoms with Crippen molar-refractivity contribution >= 4 is 97.8 Å². The van der Waals surface area contributed by atoms with Crippen LogP contribution in [0.25, 0.3) is 0 Å². The van der Waals surface area contributed by atoms with Gasteiger partial charge in [-0.05, 0) is 27.7 Å². The minimum absolute atomic E-state index is 0. The average molecular weight is 807 g/mol. The minimum Gasteiger partial charge on any atom is -0.853 e. The Kier molecular flexibility index (Phi) is 88.3. The monoisotopic (exact) mass is 808 g/mol. The molecule has 0 fully saturated rings. The van der Waals surface area contributed by atoms with Crippen molar-refractivity contribution in [3.8, 4) is 0 Å². The first-order valence-electron chi connectivity index (χ1n) is 12.6. The molecule has 0 aromatic carbocycles. The molecule has 0 spiro atoms. The Balaban J connectivity index is -0.0000000883. The summed E-state index contributed by atoms with van der Waals surface area (Å²) >= 11 is 0. The second kappa shape index (κ2) is 63.1. The van der Waals surface area contributed by atoms with Gasteiger partial charge in [0.05, 0.1) is 52.9 Å². The number of ether oxygens (including phenoxy) is 8. The molecule has 0 bridgehead atoms. The van der Waals surface area contributed by atoms with Gasteiger partial charge in [-0.2, -0.15) is 0 Å². The maximum absolute atomic E-state index is 9.80. The van der Waals surface area contributed by atoms with E-state index in [-0.39, 0.29) is 124 Å².